The molecule has 2 aromatic carbocycles. The molecule has 2 aromatic heterocycles. The number of methoxy groups -OCH3 is 1. The van der Waals surface area contributed by atoms with E-state index in [4.69, 9.17) is 14.1 Å². The number of benzene rings is 2. The lowest BCUT2D eigenvalue weighted by molar-refractivity contribution is 0.327. The first-order valence-corrected chi connectivity index (χ1v) is 10.8. The van der Waals surface area contributed by atoms with Crippen LogP contribution in [0, 0.1) is 0 Å². The van der Waals surface area contributed by atoms with Gasteiger partial charge in [-0.3, -0.25) is 9.88 Å². The molecule has 0 amide bonds. The average Bonchev–Trinajstić information content (AvgIpc) is 3.48. The van der Waals surface area contributed by atoms with Crippen molar-refractivity contribution in [1.29, 1.82) is 0 Å². The van der Waals surface area contributed by atoms with Crippen molar-refractivity contribution >= 4 is 22.3 Å². The molecule has 5 heteroatoms. The highest BCUT2D eigenvalue weighted by atomic mass is 16.5. The van der Waals surface area contributed by atoms with Gasteiger partial charge in [-0.1, -0.05) is 30.3 Å². The summed E-state index contributed by atoms with van der Waals surface area (Å²) < 4.78 is 11.6. The Labute approximate surface area is 182 Å². The fourth-order valence-electron chi connectivity index (χ4n) is 4.34. The molecule has 0 saturated carbocycles. The smallest absolute Gasteiger partial charge is 0.207 e. The van der Waals surface area contributed by atoms with Crippen molar-refractivity contribution in [1.82, 2.24) is 9.88 Å². The monoisotopic (exact) mass is 413 g/mol. The molecule has 0 aliphatic carbocycles. The summed E-state index contributed by atoms with van der Waals surface area (Å²) in [4.78, 5) is 9.23. The largest absolute Gasteiger partial charge is 0.495 e. The molecule has 158 valence electrons. The van der Waals surface area contributed by atoms with E-state index in [0.29, 0.717) is 0 Å². The quantitative estimate of drug-likeness (QED) is 0.396. The summed E-state index contributed by atoms with van der Waals surface area (Å²) in [7, 11) is 3.70. The maximum Gasteiger partial charge on any atom is 0.207 e. The van der Waals surface area contributed by atoms with Gasteiger partial charge in [0.2, 0.25) is 5.88 Å². The zero-order valence-electron chi connectivity index (χ0n) is 18.0. The molecule has 5 rings (SSSR count). The van der Waals surface area contributed by atoms with Crippen LogP contribution in [0.2, 0.25) is 0 Å². The third-order valence-electron chi connectivity index (χ3n) is 6.08. The van der Waals surface area contributed by atoms with Crippen molar-refractivity contribution in [3.05, 3.63) is 72.8 Å². The average molecular weight is 414 g/mol. The minimum Gasteiger partial charge on any atom is -0.495 e. The van der Waals surface area contributed by atoms with Crippen molar-refractivity contribution in [2.75, 3.05) is 32.1 Å². The topological polar surface area (TPSA) is 41.7 Å². The van der Waals surface area contributed by atoms with E-state index in [1.54, 1.807) is 13.4 Å². The molecule has 0 spiro atoms. The summed E-state index contributed by atoms with van der Waals surface area (Å²) in [6.07, 6.45) is 6.36. The van der Waals surface area contributed by atoms with Crippen LogP contribution in [0.25, 0.3) is 21.9 Å². The highest BCUT2D eigenvalue weighted by Crippen LogP contribution is 2.39. The number of rotatable bonds is 6. The van der Waals surface area contributed by atoms with E-state index in [9.17, 15) is 0 Å². The van der Waals surface area contributed by atoms with Crippen LogP contribution in [-0.4, -0.2) is 37.1 Å². The van der Waals surface area contributed by atoms with Gasteiger partial charge in [-0.2, -0.15) is 0 Å². The van der Waals surface area contributed by atoms with Gasteiger partial charge in [-0.05, 0) is 55.8 Å². The normalized spacial score (nSPS) is 14.3. The summed E-state index contributed by atoms with van der Waals surface area (Å²) in [6.45, 7) is 3.29. The molecule has 0 bridgehead atoms. The van der Waals surface area contributed by atoms with Crippen LogP contribution in [-0.2, 0) is 6.54 Å². The van der Waals surface area contributed by atoms with Gasteiger partial charge < -0.3 is 14.1 Å². The van der Waals surface area contributed by atoms with Gasteiger partial charge in [0.25, 0.3) is 0 Å². The van der Waals surface area contributed by atoms with Gasteiger partial charge in [0, 0.05) is 36.1 Å². The molecule has 1 saturated heterocycles. The van der Waals surface area contributed by atoms with E-state index in [1.807, 2.05) is 36.3 Å². The summed E-state index contributed by atoms with van der Waals surface area (Å²) in [5.74, 6) is 1.59. The van der Waals surface area contributed by atoms with Crippen molar-refractivity contribution < 1.29 is 9.15 Å². The van der Waals surface area contributed by atoms with Crippen LogP contribution in [0.1, 0.15) is 18.5 Å². The van der Waals surface area contributed by atoms with Crippen LogP contribution >= 0.6 is 0 Å². The number of pyridine rings is 1. The molecule has 1 fully saturated rings. The molecule has 0 atom stereocenters. The van der Waals surface area contributed by atoms with E-state index in [0.717, 1.165) is 51.5 Å². The Kier molecular flexibility index (Phi) is 5.35. The zero-order chi connectivity index (χ0) is 21.2. The van der Waals surface area contributed by atoms with E-state index < -0.39 is 0 Å². The van der Waals surface area contributed by atoms with Crippen LogP contribution in [0.3, 0.4) is 0 Å². The molecule has 1 aliphatic rings. The summed E-state index contributed by atoms with van der Waals surface area (Å²) in [6, 6.07) is 18.7. The Morgan fingerprint density at radius 2 is 1.84 bits per heavy atom. The molecule has 0 radical (unpaired) electrons. The first-order valence-electron chi connectivity index (χ1n) is 10.8. The third-order valence-corrected chi connectivity index (χ3v) is 6.08. The lowest BCUT2D eigenvalue weighted by Crippen LogP contribution is -2.18. The van der Waals surface area contributed by atoms with Gasteiger partial charge >= 0.3 is 0 Å². The fraction of sp³-hybridized carbons (Fsp3) is 0.269. The predicted molar refractivity (Wildman–Crippen MR) is 125 cm³/mol. The van der Waals surface area contributed by atoms with Gasteiger partial charge in [-0.25, -0.2) is 0 Å². The number of furan rings is 1. The van der Waals surface area contributed by atoms with E-state index >= 15 is 0 Å². The molecule has 0 N–H and O–H groups in total. The van der Waals surface area contributed by atoms with Gasteiger partial charge in [0.05, 0.1) is 18.5 Å². The first-order chi connectivity index (χ1) is 15.2. The first kappa shape index (κ1) is 19.6. The van der Waals surface area contributed by atoms with Crippen molar-refractivity contribution in [2.24, 2.45) is 0 Å². The molecule has 0 unspecified atom stereocenters. The Bertz CT molecular complexity index is 1180. The predicted octanol–water partition coefficient (Wildman–Crippen LogP) is 5.87. The highest BCUT2D eigenvalue weighted by molar-refractivity contribution is 5.94. The fourth-order valence-corrected chi connectivity index (χ4v) is 4.34. The number of nitrogens with zero attached hydrogens (tertiary/aromatic N) is 3. The minimum atomic E-state index is 0.796. The summed E-state index contributed by atoms with van der Waals surface area (Å²) in [5.41, 5.74) is 4.25. The Morgan fingerprint density at radius 3 is 2.61 bits per heavy atom. The second kappa shape index (κ2) is 8.44. The van der Waals surface area contributed by atoms with Crippen molar-refractivity contribution in [3.63, 3.8) is 0 Å². The van der Waals surface area contributed by atoms with Crippen LogP contribution < -0.4 is 9.64 Å². The number of anilines is 2. The number of fused-ring (bicyclic) bond motifs is 1. The number of hydrogen-bond donors (Lipinski definition) is 0. The molecular weight excluding hydrogens is 386 g/mol. The zero-order valence-corrected chi connectivity index (χ0v) is 18.0. The Balaban J connectivity index is 1.45. The molecular formula is C26H27N3O2. The Hall–Kier alpha value is -3.31. The maximum atomic E-state index is 5.91. The molecule has 5 nitrogen and oxygen atoms in total. The lowest BCUT2D eigenvalue weighted by Gasteiger charge is -2.21. The van der Waals surface area contributed by atoms with E-state index in [2.05, 4.69) is 41.3 Å². The SMILES string of the molecule is COc1ccc(-c2ccc(CN3CCCC3)nc2)cc1N(C)c1occ2ccccc12. The standard InChI is InChI=1S/C26H27N3O2/c1-28(26-23-8-4-3-7-21(23)18-31-26)24-15-19(10-12-25(24)30-2)20-9-11-22(27-16-20)17-29-13-5-6-14-29/h3-4,7-12,15-16,18H,5-6,13-14,17H2,1-2H3. The van der Waals surface area contributed by atoms with Crippen LogP contribution in [0.15, 0.2) is 71.5 Å². The third kappa shape index (κ3) is 3.89. The molecule has 4 aromatic rings. The summed E-state index contributed by atoms with van der Waals surface area (Å²) >= 11 is 0. The molecule has 3 heterocycles. The van der Waals surface area contributed by atoms with Gasteiger partial charge in [0.1, 0.15) is 12.0 Å². The van der Waals surface area contributed by atoms with Crippen molar-refractivity contribution in [3.8, 4) is 16.9 Å². The number of likely N-dealkylation sites (tertiary alicyclic amines) is 1. The van der Waals surface area contributed by atoms with Crippen LogP contribution in [0.4, 0.5) is 11.6 Å². The second-order valence-corrected chi connectivity index (χ2v) is 8.10. The highest BCUT2D eigenvalue weighted by Gasteiger charge is 2.17. The van der Waals surface area contributed by atoms with Gasteiger partial charge in [-0.15, -0.1) is 0 Å². The second-order valence-electron chi connectivity index (χ2n) is 8.10. The van der Waals surface area contributed by atoms with Gasteiger partial charge in [0.15, 0.2) is 0 Å². The summed E-state index contributed by atoms with van der Waals surface area (Å²) in [5, 5.41) is 2.16. The van der Waals surface area contributed by atoms with E-state index in [1.165, 1.54) is 25.9 Å². The number of aromatic nitrogens is 1. The Morgan fingerprint density at radius 1 is 1.03 bits per heavy atom. The van der Waals surface area contributed by atoms with Crippen LogP contribution in [0.5, 0.6) is 5.75 Å². The van der Waals surface area contributed by atoms with E-state index in [-0.39, 0.29) is 0 Å². The number of ether oxygens (including phenoxy) is 1. The minimum absolute atomic E-state index is 0.796. The lowest BCUT2D eigenvalue weighted by atomic mass is 10.1. The van der Waals surface area contributed by atoms with Crippen molar-refractivity contribution in [2.45, 2.75) is 19.4 Å². The maximum absolute atomic E-state index is 5.91. The molecule has 1 aliphatic heterocycles. The number of hydrogen-bond acceptors (Lipinski definition) is 5. The molecule has 31 heavy (non-hydrogen) atoms.